The van der Waals surface area contributed by atoms with Crippen LogP contribution in [0.4, 0.5) is 31.4 Å². The topological polar surface area (TPSA) is 211 Å². The molecule has 0 radical (unpaired) electrons. The highest BCUT2D eigenvalue weighted by Gasteiger charge is 2.52. The van der Waals surface area contributed by atoms with Crippen LogP contribution in [0, 0.1) is 10.8 Å². The van der Waals surface area contributed by atoms with Gasteiger partial charge in [0.05, 0.1) is 30.9 Å². The first-order valence-corrected chi connectivity index (χ1v) is 25.5. The Labute approximate surface area is 417 Å². The van der Waals surface area contributed by atoms with E-state index in [4.69, 9.17) is 4.74 Å². The molecule has 2 aliphatic carbocycles. The summed E-state index contributed by atoms with van der Waals surface area (Å²) in [5.74, 6) is -0.314. The Kier molecular flexibility index (Phi) is 16.8. The van der Waals surface area contributed by atoms with E-state index in [2.05, 4.69) is 25.8 Å². The number of para-hydroxylation sites is 3. The van der Waals surface area contributed by atoms with Crippen molar-refractivity contribution in [1.29, 1.82) is 0 Å². The van der Waals surface area contributed by atoms with Crippen LogP contribution in [0.2, 0.25) is 0 Å². The monoisotopic (exact) mass is 980 g/mol. The molecule has 4 aliphatic heterocycles. The van der Waals surface area contributed by atoms with Gasteiger partial charge in [0.25, 0.3) is 0 Å². The van der Waals surface area contributed by atoms with Crippen LogP contribution in [0.25, 0.3) is 0 Å². The van der Waals surface area contributed by atoms with Crippen molar-refractivity contribution in [3.8, 4) is 0 Å². The van der Waals surface area contributed by atoms with E-state index in [0.717, 1.165) is 58.2 Å². The van der Waals surface area contributed by atoms with E-state index in [1.165, 1.54) is 0 Å². The summed E-state index contributed by atoms with van der Waals surface area (Å²) in [6.07, 6.45) is 6.57. The number of piperidine rings is 2. The van der Waals surface area contributed by atoms with Gasteiger partial charge in [-0.2, -0.15) is 0 Å². The van der Waals surface area contributed by atoms with Crippen LogP contribution in [-0.2, 0) is 14.3 Å². The molecule has 71 heavy (non-hydrogen) atoms. The Bertz CT molecular complexity index is 2270. The fourth-order valence-corrected chi connectivity index (χ4v) is 10.7. The number of carbonyl (C=O) groups excluding carboxylic acids is 5. The summed E-state index contributed by atoms with van der Waals surface area (Å²) in [7, 11) is 0. The summed E-state index contributed by atoms with van der Waals surface area (Å²) in [6.45, 7) is 9.54. The van der Waals surface area contributed by atoms with Crippen LogP contribution >= 0.6 is 0 Å². The predicted octanol–water partition coefficient (Wildman–Crippen LogP) is 4.95. The standard InChI is InChI=1S/C30H39N5O5.C23H34N4O4/c1-22-27(37)35(19-18-34(22)28(38)31-23-8-4-2-5-9-23)25(21-40-29(39)32-24-10-6-3-7-11-24)12-16-33-17-15-30(13-14-30)26(36)20-33;1-17-21(30)27(14-13-26(17)22(31)24-18-5-3-2-4-6-18)19(16-28)7-11-25-12-10-23(8-9-23)20(29)15-25/h2-11,22,25-26,36H,12-21H2,1H3,(H,31,38)(H,32,39);2-6,17,19-20,28-29H,7-16H2,1H3,(H,24,31)/t22-,25-,26+;17-,19-,20+/m00/s1. The second-order valence-corrected chi connectivity index (χ2v) is 20.4. The number of hydrogen-bond acceptors (Lipinski definition) is 11. The number of amides is 7. The van der Waals surface area contributed by atoms with Crippen molar-refractivity contribution in [2.45, 2.75) is 102 Å². The Morgan fingerprint density at radius 3 is 1.37 bits per heavy atom. The summed E-state index contributed by atoms with van der Waals surface area (Å²) in [6, 6.07) is 24.9. The Hall–Kier alpha value is -5.79. The molecule has 6 atom stereocenters. The molecular weight excluding hydrogens is 907 g/mol. The highest BCUT2D eigenvalue weighted by Crippen LogP contribution is 2.54. The van der Waals surface area contributed by atoms with Gasteiger partial charge in [0.15, 0.2) is 0 Å². The van der Waals surface area contributed by atoms with Crippen molar-refractivity contribution in [2.75, 3.05) is 94.6 Å². The van der Waals surface area contributed by atoms with Crippen LogP contribution in [0.3, 0.4) is 0 Å². The second-order valence-electron chi connectivity index (χ2n) is 20.4. The summed E-state index contributed by atoms with van der Waals surface area (Å²) in [4.78, 5) is 75.8. The van der Waals surface area contributed by atoms with Gasteiger partial charge >= 0.3 is 18.2 Å². The third-order valence-corrected chi connectivity index (χ3v) is 15.9. The minimum absolute atomic E-state index is 0.0354. The Morgan fingerprint density at radius 1 is 0.577 bits per heavy atom. The maximum absolute atomic E-state index is 13.6. The number of nitrogens with one attached hydrogen (secondary N) is 3. The highest BCUT2D eigenvalue weighted by molar-refractivity contribution is 5.95. The smallest absolute Gasteiger partial charge is 0.411 e. The summed E-state index contributed by atoms with van der Waals surface area (Å²) in [5, 5.41) is 39.4. The first kappa shape index (κ1) is 51.6. The van der Waals surface area contributed by atoms with Crippen molar-refractivity contribution >= 4 is 47.0 Å². The molecule has 3 aromatic rings. The highest BCUT2D eigenvalue weighted by atomic mass is 16.5. The molecule has 6 aliphatic rings. The van der Waals surface area contributed by atoms with Gasteiger partial charge in [0.1, 0.15) is 18.7 Å². The fourth-order valence-electron chi connectivity index (χ4n) is 10.7. The number of benzene rings is 3. The number of ether oxygens (including phenoxy) is 1. The summed E-state index contributed by atoms with van der Waals surface area (Å²) in [5.41, 5.74) is 2.29. The van der Waals surface area contributed by atoms with Gasteiger partial charge in [-0.15, -0.1) is 0 Å². The molecule has 9 rings (SSSR count). The number of β-amino-alcohol motifs (C(OH)–C–C–N with tert-alkyl or cyclic N) is 2. The van der Waals surface area contributed by atoms with Crippen LogP contribution < -0.4 is 16.0 Å². The molecule has 6 N–H and O–H groups in total. The maximum atomic E-state index is 13.6. The van der Waals surface area contributed by atoms with E-state index in [0.29, 0.717) is 75.7 Å². The first-order chi connectivity index (χ1) is 34.3. The van der Waals surface area contributed by atoms with Gasteiger partial charge in [-0.1, -0.05) is 54.6 Å². The minimum Gasteiger partial charge on any atom is -0.447 e. The number of aliphatic hydroxyl groups excluding tert-OH is 3. The molecule has 4 heterocycles. The van der Waals surface area contributed by atoms with E-state index in [-0.39, 0.29) is 72.2 Å². The van der Waals surface area contributed by atoms with Crippen LogP contribution in [-0.4, -0.2) is 190 Å². The molecule has 0 bridgehead atoms. The van der Waals surface area contributed by atoms with Crippen molar-refractivity contribution in [1.82, 2.24) is 29.4 Å². The zero-order chi connectivity index (χ0) is 50.1. The van der Waals surface area contributed by atoms with Crippen molar-refractivity contribution < 1.29 is 44.0 Å². The summed E-state index contributed by atoms with van der Waals surface area (Å²) < 4.78 is 5.60. The first-order valence-electron chi connectivity index (χ1n) is 25.5. The van der Waals surface area contributed by atoms with Crippen LogP contribution in [0.5, 0.6) is 0 Å². The fraction of sp³-hybridized carbons (Fsp3) is 0.566. The number of likely N-dealkylation sites (tertiary alicyclic amines) is 2. The molecule has 384 valence electrons. The van der Waals surface area contributed by atoms with Gasteiger partial charge in [0, 0.05) is 69.4 Å². The molecule has 18 nitrogen and oxygen atoms in total. The third-order valence-electron chi connectivity index (χ3n) is 15.9. The predicted molar refractivity (Wildman–Crippen MR) is 269 cm³/mol. The molecule has 3 aromatic carbocycles. The maximum Gasteiger partial charge on any atom is 0.411 e. The van der Waals surface area contributed by atoms with E-state index >= 15 is 0 Å². The number of rotatable bonds is 14. The van der Waals surface area contributed by atoms with Gasteiger partial charge < -0.3 is 60.1 Å². The lowest BCUT2D eigenvalue weighted by molar-refractivity contribution is -0.143. The molecule has 18 heteroatoms. The zero-order valence-corrected chi connectivity index (χ0v) is 41.2. The van der Waals surface area contributed by atoms with E-state index in [1.54, 1.807) is 57.7 Å². The average Bonchev–Trinajstić information content (AvgIpc) is 4.32. The molecular formula is C53H73N9O9. The Morgan fingerprint density at radius 2 is 0.972 bits per heavy atom. The number of hydrogen-bond donors (Lipinski definition) is 6. The average molecular weight is 980 g/mol. The van der Waals surface area contributed by atoms with Crippen molar-refractivity contribution in [3.05, 3.63) is 91.0 Å². The molecule has 2 spiro atoms. The number of aliphatic hydroxyl groups is 3. The van der Waals surface area contributed by atoms with E-state index in [9.17, 15) is 39.3 Å². The van der Waals surface area contributed by atoms with Gasteiger partial charge in [-0.25, -0.2) is 14.4 Å². The zero-order valence-electron chi connectivity index (χ0n) is 41.2. The number of urea groups is 2. The number of piperazine rings is 2. The SMILES string of the molecule is C[C@H]1C(=O)N([C@@H](CCN2CCC3(CC3)[C@H](O)C2)COC(=O)Nc2ccccc2)CCN1C(=O)Nc1ccccc1.C[C@H]1C(=O)N([C@H](CO)CCN2CCC3(CC3)[C@H](O)C2)CCN1C(=O)Nc1ccccc1. The third kappa shape index (κ3) is 12.8. The van der Waals surface area contributed by atoms with Gasteiger partial charge in [-0.05, 0) is 126 Å². The largest absolute Gasteiger partial charge is 0.447 e. The lowest BCUT2D eigenvalue weighted by Crippen LogP contribution is -2.61. The number of carbonyl (C=O) groups is 5. The van der Waals surface area contributed by atoms with Crippen LogP contribution in [0.15, 0.2) is 91.0 Å². The van der Waals surface area contributed by atoms with Gasteiger partial charge in [0.2, 0.25) is 11.8 Å². The normalized spacial score (nSPS) is 24.6. The van der Waals surface area contributed by atoms with Crippen molar-refractivity contribution in [2.24, 2.45) is 10.8 Å². The second kappa shape index (κ2) is 23.2. The molecule has 0 aromatic heterocycles. The van der Waals surface area contributed by atoms with Gasteiger partial charge in [-0.3, -0.25) is 14.9 Å². The lowest BCUT2D eigenvalue weighted by atomic mass is 9.90. The lowest BCUT2D eigenvalue weighted by Gasteiger charge is -2.43. The molecule has 4 saturated heterocycles. The van der Waals surface area contributed by atoms with Crippen molar-refractivity contribution in [3.63, 3.8) is 0 Å². The van der Waals surface area contributed by atoms with E-state index < -0.39 is 18.2 Å². The number of nitrogens with zero attached hydrogens (tertiary/aromatic N) is 6. The van der Waals surface area contributed by atoms with Crippen LogP contribution in [0.1, 0.15) is 65.2 Å². The van der Waals surface area contributed by atoms with E-state index in [1.807, 2.05) is 66.7 Å². The molecule has 0 unspecified atom stereocenters. The molecule has 6 fully saturated rings. The quantitative estimate of drug-likeness (QED) is 0.127. The molecule has 7 amide bonds. The summed E-state index contributed by atoms with van der Waals surface area (Å²) >= 11 is 0. The number of anilines is 3. The Balaban J connectivity index is 0.000000197. The minimum atomic E-state index is -0.662. The molecule has 2 saturated carbocycles.